The molecule has 5 rings (SSSR count). The molecule has 3 aliphatic heterocycles. The van der Waals surface area contributed by atoms with Crippen LogP contribution in [0.25, 0.3) is 0 Å². The smallest absolute Gasteiger partial charge is 0.275 e. The van der Waals surface area contributed by atoms with E-state index in [4.69, 9.17) is 4.74 Å². The van der Waals surface area contributed by atoms with Gasteiger partial charge in [-0.15, -0.1) is 0 Å². The largest absolute Gasteiger partial charge is 0.503 e. The number of nitrogens with one attached hydrogen (secondary N) is 1. The lowest BCUT2D eigenvalue weighted by molar-refractivity contribution is -0.0944. The molecule has 8 nitrogen and oxygen atoms in total. The molecule has 0 saturated carbocycles. The number of carbonyl (C=O) groups excluding carboxylic acids is 2. The number of amides is 2. The van der Waals surface area contributed by atoms with Gasteiger partial charge in [-0.2, -0.15) is 0 Å². The Morgan fingerprint density at radius 3 is 2.68 bits per heavy atom. The van der Waals surface area contributed by atoms with E-state index in [9.17, 15) is 32.7 Å². The predicted octanol–water partition coefficient (Wildman–Crippen LogP) is 2.24. The summed E-state index contributed by atoms with van der Waals surface area (Å²) in [6, 6.07) is 0.645. The van der Waals surface area contributed by atoms with Crippen LogP contribution in [0.4, 0.5) is 13.2 Å². The second-order valence-corrected chi connectivity index (χ2v) is 8.88. The van der Waals surface area contributed by atoms with E-state index in [2.05, 4.69) is 5.32 Å². The van der Waals surface area contributed by atoms with Gasteiger partial charge in [-0.1, -0.05) is 0 Å². The van der Waals surface area contributed by atoms with Gasteiger partial charge in [-0.3, -0.25) is 14.4 Å². The number of halogens is 3. The highest BCUT2D eigenvalue weighted by atomic mass is 19.1. The number of hydrogen-bond donors (Lipinski definition) is 2. The molecule has 180 valence electrons. The molecule has 0 radical (unpaired) electrons. The van der Waals surface area contributed by atoms with E-state index in [1.165, 1.54) is 10.8 Å². The first kappa shape index (κ1) is 22.5. The molecule has 2 atom stereocenters. The van der Waals surface area contributed by atoms with Gasteiger partial charge in [0.25, 0.3) is 11.8 Å². The number of fused-ring (bicyclic) bond motifs is 2. The fourth-order valence-electron chi connectivity index (χ4n) is 5.44. The van der Waals surface area contributed by atoms with Crippen molar-refractivity contribution in [3.05, 3.63) is 62.8 Å². The summed E-state index contributed by atoms with van der Waals surface area (Å²) in [6.07, 6.45) is 4.09. The fourth-order valence-corrected chi connectivity index (χ4v) is 5.44. The van der Waals surface area contributed by atoms with Crippen molar-refractivity contribution in [3.8, 4) is 5.75 Å². The number of pyridine rings is 1. The standard InChI is InChI=1S/C23H22F3N3O5/c24-12-7-15(25)13(16(26)8-12)9-27-21(32)14-10-28-17-3-6-34-11-23(17)4-1-2-5-29(23)22(33)18(28)20(31)19(14)30/h7-8,10,17,31H,1-6,9,11H2,(H,27,32)/t17?,23-/m1/s1. The minimum absolute atomic E-state index is 0.179. The average Bonchev–Trinajstić information content (AvgIpc) is 2.80. The molecule has 11 heteroatoms. The quantitative estimate of drug-likeness (QED) is 0.706. The third-order valence-corrected chi connectivity index (χ3v) is 7.06. The Hall–Kier alpha value is -3.34. The number of hydrogen-bond acceptors (Lipinski definition) is 5. The molecule has 1 aromatic carbocycles. The van der Waals surface area contributed by atoms with Gasteiger partial charge in [0, 0.05) is 43.6 Å². The summed E-state index contributed by atoms with van der Waals surface area (Å²) in [5.74, 6) is -5.81. The highest BCUT2D eigenvalue weighted by Crippen LogP contribution is 2.47. The van der Waals surface area contributed by atoms with Crippen LogP contribution in [0, 0.1) is 17.5 Å². The highest BCUT2D eigenvalue weighted by Gasteiger charge is 2.55. The summed E-state index contributed by atoms with van der Waals surface area (Å²) in [6.45, 7) is 0.543. The van der Waals surface area contributed by atoms with Gasteiger partial charge in [0.1, 0.15) is 23.0 Å². The van der Waals surface area contributed by atoms with Crippen LogP contribution in [0.2, 0.25) is 0 Å². The molecule has 1 unspecified atom stereocenters. The number of benzene rings is 1. The second kappa shape index (κ2) is 8.15. The van der Waals surface area contributed by atoms with Crippen molar-refractivity contribution < 1.29 is 32.6 Å². The lowest BCUT2D eigenvalue weighted by Gasteiger charge is -2.57. The van der Waals surface area contributed by atoms with Crippen molar-refractivity contribution in [3.63, 3.8) is 0 Å². The molecule has 2 fully saturated rings. The Balaban J connectivity index is 1.53. The summed E-state index contributed by atoms with van der Waals surface area (Å²) < 4.78 is 48.2. The monoisotopic (exact) mass is 477 g/mol. The van der Waals surface area contributed by atoms with E-state index in [-0.39, 0.29) is 11.7 Å². The van der Waals surface area contributed by atoms with Crippen LogP contribution < -0.4 is 10.7 Å². The molecule has 34 heavy (non-hydrogen) atoms. The van der Waals surface area contributed by atoms with E-state index in [0.29, 0.717) is 44.7 Å². The first-order valence-corrected chi connectivity index (χ1v) is 11.0. The maximum absolute atomic E-state index is 13.9. The Morgan fingerprint density at radius 2 is 1.94 bits per heavy atom. The molecule has 0 aliphatic carbocycles. The Morgan fingerprint density at radius 1 is 1.21 bits per heavy atom. The molecule has 1 aromatic heterocycles. The average molecular weight is 477 g/mol. The van der Waals surface area contributed by atoms with Crippen molar-refractivity contribution in [2.45, 2.75) is 43.8 Å². The summed E-state index contributed by atoms with van der Waals surface area (Å²) >= 11 is 0. The van der Waals surface area contributed by atoms with Crippen LogP contribution in [0.15, 0.2) is 23.1 Å². The lowest BCUT2D eigenvalue weighted by Crippen LogP contribution is -2.66. The lowest BCUT2D eigenvalue weighted by atomic mass is 9.75. The van der Waals surface area contributed by atoms with Crippen LogP contribution in [-0.4, -0.2) is 51.7 Å². The minimum atomic E-state index is -1.19. The molecule has 4 heterocycles. The van der Waals surface area contributed by atoms with Gasteiger partial charge in [0.15, 0.2) is 11.4 Å². The SMILES string of the molecule is O=C(NCc1c(F)cc(F)cc1F)c1cn2c(c(O)c1=O)C(=O)N1CCCC[C@]13COCCC23. The molecular formula is C23H22F3N3O5. The van der Waals surface area contributed by atoms with Crippen molar-refractivity contribution in [1.29, 1.82) is 0 Å². The van der Waals surface area contributed by atoms with Crippen LogP contribution in [-0.2, 0) is 11.3 Å². The van der Waals surface area contributed by atoms with Crippen molar-refractivity contribution in [2.24, 2.45) is 0 Å². The first-order valence-electron chi connectivity index (χ1n) is 11.0. The first-order chi connectivity index (χ1) is 16.2. The maximum atomic E-state index is 13.9. The maximum Gasteiger partial charge on any atom is 0.275 e. The van der Waals surface area contributed by atoms with Crippen LogP contribution in [0.3, 0.4) is 0 Å². The van der Waals surface area contributed by atoms with E-state index in [0.717, 1.165) is 12.8 Å². The molecule has 3 aliphatic rings. The summed E-state index contributed by atoms with van der Waals surface area (Å²) in [5, 5.41) is 12.9. The predicted molar refractivity (Wildman–Crippen MR) is 112 cm³/mol. The molecule has 2 N–H and O–H groups in total. The van der Waals surface area contributed by atoms with E-state index in [1.54, 1.807) is 4.90 Å². The van der Waals surface area contributed by atoms with Gasteiger partial charge in [-0.25, -0.2) is 13.2 Å². The van der Waals surface area contributed by atoms with Gasteiger partial charge < -0.3 is 24.6 Å². The number of aromatic nitrogens is 1. The zero-order chi connectivity index (χ0) is 24.2. The number of ether oxygens (including phenoxy) is 1. The van der Waals surface area contributed by atoms with E-state index in [1.807, 2.05) is 0 Å². The number of aromatic hydroxyl groups is 1. The van der Waals surface area contributed by atoms with Crippen LogP contribution >= 0.6 is 0 Å². The molecule has 2 amide bonds. The molecule has 2 saturated heterocycles. The van der Waals surface area contributed by atoms with Crippen LogP contribution in [0.1, 0.15) is 58.1 Å². The van der Waals surface area contributed by atoms with Crippen molar-refractivity contribution >= 4 is 11.8 Å². The fraction of sp³-hybridized carbons (Fsp3) is 0.435. The summed E-state index contributed by atoms with van der Waals surface area (Å²) in [4.78, 5) is 40.6. The Bertz CT molecular complexity index is 1230. The third-order valence-electron chi connectivity index (χ3n) is 7.06. The highest BCUT2D eigenvalue weighted by molar-refractivity contribution is 5.99. The normalized spacial score (nSPS) is 23.7. The molecule has 1 spiro atoms. The molecule has 0 bridgehead atoms. The summed E-state index contributed by atoms with van der Waals surface area (Å²) in [7, 11) is 0. The van der Waals surface area contributed by atoms with E-state index < -0.39 is 63.7 Å². The van der Waals surface area contributed by atoms with Crippen LogP contribution in [0.5, 0.6) is 5.75 Å². The van der Waals surface area contributed by atoms with Crippen molar-refractivity contribution in [1.82, 2.24) is 14.8 Å². The van der Waals surface area contributed by atoms with Gasteiger partial charge in [0.2, 0.25) is 5.43 Å². The summed E-state index contributed by atoms with van der Waals surface area (Å²) in [5.41, 5.74) is -2.93. The molecule has 2 aromatic rings. The number of nitrogens with zero attached hydrogens (tertiary/aromatic N) is 2. The minimum Gasteiger partial charge on any atom is -0.503 e. The second-order valence-electron chi connectivity index (χ2n) is 8.88. The number of piperidine rings is 1. The van der Waals surface area contributed by atoms with Gasteiger partial charge in [-0.05, 0) is 25.7 Å². The van der Waals surface area contributed by atoms with Gasteiger partial charge in [0.05, 0.1) is 18.2 Å². The number of rotatable bonds is 3. The Labute approximate surface area is 191 Å². The zero-order valence-corrected chi connectivity index (χ0v) is 18.1. The topological polar surface area (TPSA) is 101 Å². The third kappa shape index (κ3) is 3.29. The zero-order valence-electron chi connectivity index (χ0n) is 18.1. The van der Waals surface area contributed by atoms with E-state index >= 15 is 0 Å². The Kier molecular flexibility index (Phi) is 5.38. The van der Waals surface area contributed by atoms with Crippen molar-refractivity contribution in [2.75, 3.05) is 19.8 Å². The molecular weight excluding hydrogens is 455 g/mol. The number of carbonyl (C=O) groups is 2. The van der Waals surface area contributed by atoms with Gasteiger partial charge >= 0.3 is 0 Å².